The number of rotatable bonds is 5. The van der Waals surface area contributed by atoms with E-state index in [1.165, 1.54) is 84.8 Å². The molecule has 0 bridgehead atoms. The predicted molar refractivity (Wildman–Crippen MR) is 210 cm³/mol. The van der Waals surface area contributed by atoms with Crippen LogP contribution in [0.1, 0.15) is 93.4 Å². The predicted octanol–water partition coefficient (Wildman–Crippen LogP) is 11.8. The fourth-order valence-electron chi connectivity index (χ4n) is 11.2. The van der Waals surface area contributed by atoms with Gasteiger partial charge in [0.2, 0.25) is 0 Å². The first-order valence-corrected chi connectivity index (χ1v) is 20.0. The molecule has 8 atom stereocenters. The fourth-order valence-corrected chi connectivity index (χ4v) is 11.2. The van der Waals surface area contributed by atoms with Crippen molar-refractivity contribution < 1.29 is 0 Å². The number of aromatic nitrogens is 1. The molecule has 2 heteroatoms. The van der Waals surface area contributed by atoms with E-state index in [1.807, 2.05) is 0 Å². The molecule has 50 heavy (non-hydrogen) atoms. The van der Waals surface area contributed by atoms with Gasteiger partial charge in [0.15, 0.2) is 0 Å². The zero-order valence-corrected chi connectivity index (χ0v) is 29.5. The van der Waals surface area contributed by atoms with Crippen molar-refractivity contribution in [3.63, 3.8) is 0 Å². The van der Waals surface area contributed by atoms with E-state index in [0.717, 1.165) is 25.7 Å². The molecular formula is C48H52N2. The minimum absolute atomic E-state index is 0.443. The zero-order valence-electron chi connectivity index (χ0n) is 29.5. The van der Waals surface area contributed by atoms with Crippen LogP contribution in [-0.4, -0.2) is 21.6 Å². The Morgan fingerprint density at radius 3 is 2.44 bits per heavy atom. The second-order valence-electron chi connectivity index (χ2n) is 16.3. The maximum atomic E-state index is 3.03. The summed E-state index contributed by atoms with van der Waals surface area (Å²) in [5.74, 6) is 3.55. The SMILES string of the molecule is C1=CCC(C2CC(N3C4CCC=CC4C4C=CC(c5ccc6c(c5)c5c(n6C6=CCCC=C6)CCC=C5)CC43)=CC(C3=CCCC=C3)C2)C=C1. The van der Waals surface area contributed by atoms with Gasteiger partial charge in [0, 0.05) is 63.8 Å². The molecule has 1 fully saturated rings. The molecule has 8 unspecified atom stereocenters. The van der Waals surface area contributed by atoms with Crippen molar-refractivity contribution in [2.75, 3.05) is 0 Å². The number of hydrogen-bond acceptors (Lipinski definition) is 1. The highest BCUT2D eigenvalue weighted by molar-refractivity contribution is 5.95. The number of hydrogen-bond donors (Lipinski definition) is 0. The van der Waals surface area contributed by atoms with Crippen LogP contribution in [0.3, 0.4) is 0 Å². The van der Waals surface area contributed by atoms with Crippen molar-refractivity contribution in [1.29, 1.82) is 0 Å². The zero-order chi connectivity index (χ0) is 33.0. The van der Waals surface area contributed by atoms with Crippen LogP contribution < -0.4 is 0 Å². The molecular weight excluding hydrogens is 605 g/mol. The summed E-state index contributed by atoms with van der Waals surface area (Å²) < 4.78 is 2.58. The monoisotopic (exact) mass is 656 g/mol. The van der Waals surface area contributed by atoms with Crippen LogP contribution >= 0.6 is 0 Å². The van der Waals surface area contributed by atoms with Gasteiger partial charge in [-0.1, -0.05) is 103 Å². The van der Waals surface area contributed by atoms with Crippen LogP contribution in [0.4, 0.5) is 0 Å². The van der Waals surface area contributed by atoms with Gasteiger partial charge in [0.1, 0.15) is 0 Å². The number of allylic oxidation sites excluding steroid dienone is 17. The van der Waals surface area contributed by atoms with Crippen molar-refractivity contribution in [2.45, 2.75) is 95.1 Å². The van der Waals surface area contributed by atoms with Crippen molar-refractivity contribution in [3.05, 3.63) is 144 Å². The first kappa shape index (κ1) is 30.8. The van der Waals surface area contributed by atoms with Gasteiger partial charge in [0.05, 0.1) is 5.52 Å². The lowest BCUT2D eigenvalue weighted by molar-refractivity contribution is 0.178. The highest BCUT2D eigenvalue weighted by Gasteiger charge is 2.50. The molecule has 0 amide bonds. The summed E-state index contributed by atoms with van der Waals surface area (Å²) in [6.07, 6.45) is 56.3. The Morgan fingerprint density at radius 2 is 1.58 bits per heavy atom. The summed E-state index contributed by atoms with van der Waals surface area (Å²) in [5, 5.41) is 1.44. The molecule has 1 aliphatic heterocycles. The van der Waals surface area contributed by atoms with Gasteiger partial charge in [-0.05, 0) is 118 Å². The average Bonchev–Trinajstić information content (AvgIpc) is 3.71. The van der Waals surface area contributed by atoms with Crippen LogP contribution in [0.15, 0.2) is 127 Å². The third-order valence-electron chi connectivity index (χ3n) is 13.5. The summed E-state index contributed by atoms with van der Waals surface area (Å²) >= 11 is 0. The summed E-state index contributed by atoms with van der Waals surface area (Å²) in [6.45, 7) is 0. The maximum Gasteiger partial charge on any atom is 0.0537 e. The molecule has 8 aliphatic rings. The molecule has 2 heterocycles. The summed E-state index contributed by atoms with van der Waals surface area (Å²) in [4.78, 5) is 3.03. The molecule has 7 aliphatic carbocycles. The lowest BCUT2D eigenvalue weighted by Gasteiger charge is -2.43. The fraction of sp³-hybridized carbons (Fsp3) is 0.417. The smallest absolute Gasteiger partial charge is 0.0537 e. The van der Waals surface area contributed by atoms with E-state index in [9.17, 15) is 0 Å². The molecule has 2 nitrogen and oxygen atoms in total. The van der Waals surface area contributed by atoms with Crippen LogP contribution in [0.2, 0.25) is 0 Å². The van der Waals surface area contributed by atoms with Crippen LogP contribution in [0.5, 0.6) is 0 Å². The van der Waals surface area contributed by atoms with Crippen LogP contribution in [0.25, 0.3) is 22.7 Å². The third kappa shape index (κ3) is 5.28. The quantitative estimate of drug-likeness (QED) is 0.291. The van der Waals surface area contributed by atoms with Gasteiger partial charge < -0.3 is 9.47 Å². The van der Waals surface area contributed by atoms with Gasteiger partial charge in [0.25, 0.3) is 0 Å². The summed E-state index contributed by atoms with van der Waals surface area (Å²) in [7, 11) is 0. The molecule has 0 radical (unpaired) electrons. The van der Waals surface area contributed by atoms with Crippen LogP contribution in [-0.2, 0) is 6.42 Å². The van der Waals surface area contributed by atoms with Gasteiger partial charge >= 0.3 is 0 Å². The largest absolute Gasteiger partial charge is 0.368 e. The standard InChI is InChI=1S/C48H52N2/c1-4-14-33(15-5-1)37-28-38(34-16-6-2-7-17-34)30-40(29-37)50-45-22-12-10-20-41(45)43-26-24-36(32-48(43)50)35-25-27-47-44(31-35)42-21-11-13-23-46(42)49(47)39-18-8-3-9-19-39/h1,4-6,8,10-11,14,16-21,24-27,30-31,33,36-38,41,43,45,48H,2-3,7,9,12-13,15,22-23,28-29,32H2. The Hall–Kier alpha value is -4.04. The van der Waals surface area contributed by atoms with Crippen molar-refractivity contribution in [2.24, 2.45) is 29.6 Å². The van der Waals surface area contributed by atoms with Crippen LogP contribution in [0, 0.1) is 29.6 Å². The van der Waals surface area contributed by atoms with Gasteiger partial charge in [-0.2, -0.15) is 0 Å². The molecule has 2 aromatic rings. The van der Waals surface area contributed by atoms with Gasteiger partial charge in [-0.25, -0.2) is 0 Å². The van der Waals surface area contributed by atoms with E-state index in [1.54, 1.807) is 11.3 Å². The normalized spacial score (nSPS) is 34.0. The minimum atomic E-state index is 0.443. The van der Waals surface area contributed by atoms with Crippen molar-refractivity contribution in [3.8, 4) is 0 Å². The molecule has 0 N–H and O–H groups in total. The average molecular weight is 657 g/mol. The summed E-state index contributed by atoms with van der Waals surface area (Å²) in [5.41, 5.74) is 10.4. The molecule has 1 saturated heterocycles. The number of benzene rings is 1. The first-order valence-electron chi connectivity index (χ1n) is 20.0. The molecule has 1 aromatic heterocycles. The topological polar surface area (TPSA) is 8.17 Å². The lowest BCUT2D eigenvalue weighted by Crippen LogP contribution is -2.41. The Morgan fingerprint density at radius 1 is 0.680 bits per heavy atom. The van der Waals surface area contributed by atoms with E-state index in [2.05, 4.69) is 131 Å². The van der Waals surface area contributed by atoms with E-state index in [0.29, 0.717) is 47.6 Å². The Kier molecular flexibility index (Phi) is 7.96. The number of fused-ring (bicyclic) bond motifs is 6. The Labute approximate surface area is 299 Å². The van der Waals surface area contributed by atoms with E-state index in [4.69, 9.17) is 0 Å². The highest BCUT2D eigenvalue weighted by atomic mass is 15.2. The molecule has 10 rings (SSSR count). The molecule has 1 aromatic carbocycles. The van der Waals surface area contributed by atoms with E-state index >= 15 is 0 Å². The molecule has 0 spiro atoms. The molecule has 0 saturated carbocycles. The lowest BCUT2D eigenvalue weighted by atomic mass is 9.72. The number of nitrogens with zero attached hydrogens (tertiary/aromatic N) is 2. The summed E-state index contributed by atoms with van der Waals surface area (Å²) in [6, 6.07) is 8.67. The first-order chi connectivity index (χ1) is 24.8. The second-order valence-corrected chi connectivity index (χ2v) is 16.3. The molecule has 254 valence electrons. The minimum Gasteiger partial charge on any atom is -0.368 e. The maximum absolute atomic E-state index is 3.03. The van der Waals surface area contributed by atoms with Crippen molar-refractivity contribution in [1.82, 2.24) is 9.47 Å². The van der Waals surface area contributed by atoms with Crippen molar-refractivity contribution >= 4 is 22.7 Å². The highest BCUT2D eigenvalue weighted by Crippen LogP contribution is 2.52. The third-order valence-corrected chi connectivity index (χ3v) is 13.5. The second kappa shape index (κ2) is 12.9. The van der Waals surface area contributed by atoms with Gasteiger partial charge in [-0.3, -0.25) is 0 Å². The van der Waals surface area contributed by atoms with Gasteiger partial charge in [-0.15, -0.1) is 0 Å². The Balaban J connectivity index is 1.01. The number of likely N-dealkylation sites (tertiary alicyclic amines) is 1. The Bertz CT molecular complexity index is 1980. The van der Waals surface area contributed by atoms with E-state index in [-0.39, 0.29) is 0 Å². The van der Waals surface area contributed by atoms with E-state index < -0.39 is 0 Å².